The largest absolute Gasteiger partial charge is 0.337 e. The summed E-state index contributed by atoms with van der Waals surface area (Å²) in [7, 11) is 0. The number of carbonyl (C=O) groups is 1. The maximum atomic E-state index is 12.8. The van der Waals surface area contributed by atoms with Gasteiger partial charge in [0, 0.05) is 30.9 Å². The lowest BCUT2D eigenvalue weighted by Crippen LogP contribution is -2.41. The number of carbonyl (C=O) groups excluding carboxylic acids is 1. The van der Waals surface area contributed by atoms with Gasteiger partial charge in [0.2, 0.25) is 0 Å². The van der Waals surface area contributed by atoms with E-state index in [4.69, 9.17) is 0 Å². The van der Waals surface area contributed by atoms with Gasteiger partial charge in [-0.05, 0) is 56.6 Å². The number of nitrogens with zero attached hydrogens (tertiary/aromatic N) is 1. The Hall–Kier alpha value is -1.33. The molecule has 2 atom stereocenters. The van der Waals surface area contributed by atoms with E-state index < -0.39 is 0 Å². The summed E-state index contributed by atoms with van der Waals surface area (Å²) in [5.41, 5.74) is 2.31. The molecule has 2 N–H and O–H groups in total. The predicted molar refractivity (Wildman–Crippen MR) is 91.4 cm³/mol. The van der Waals surface area contributed by atoms with Crippen molar-refractivity contribution in [2.45, 2.75) is 57.0 Å². The fraction of sp³-hybridized carbons (Fsp3) is 0.647. The molecule has 0 aromatic carbocycles. The minimum absolute atomic E-state index is 0. The van der Waals surface area contributed by atoms with Crippen molar-refractivity contribution in [2.75, 3.05) is 13.1 Å². The van der Waals surface area contributed by atoms with Gasteiger partial charge >= 0.3 is 0 Å². The Balaban J connectivity index is 0.00000156. The summed E-state index contributed by atoms with van der Waals surface area (Å²) in [5.74, 6) is -0.0935. The van der Waals surface area contributed by atoms with Crippen molar-refractivity contribution in [3.05, 3.63) is 33.2 Å². The van der Waals surface area contributed by atoms with Crippen LogP contribution in [0.4, 0.5) is 0 Å². The van der Waals surface area contributed by atoms with E-state index in [0.717, 1.165) is 62.9 Å². The zero-order chi connectivity index (χ0) is 15.1. The van der Waals surface area contributed by atoms with Gasteiger partial charge in [0.15, 0.2) is 0 Å². The fourth-order valence-corrected chi connectivity index (χ4v) is 4.13. The average Bonchev–Trinajstić information content (AvgIpc) is 2.85. The zero-order valence-corrected chi connectivity index (χ0v) is 14.1. The van der Waals surface area contributed by atoms with E-state index in [1.165, 1.54) is 6.42 Å². The third kappa shape index (κ3) is 3.17. The maximum absolute atomic E-state index is 12.8. The van der Waals surface area contributed by atoms with Crippen LogP contribution in [0, 0.1) is 0 Å². The number of H-pyrrole nitrogens is 1. The number of aromatic amines is 1. The molecule has 2 unspecified atom stereocenters. The van der Waals surface area contributed by atoms with Crippen molar-refractivity contribution in [3.63, 3.8) is 0 Å². The summed E-state index contributed by atoms with van der Waals surface area (Å²) in [6, 6.07) is 2.80. The molecule has 2 saturated heterocycles. The number of halogens is 1. The van der Waals surface area contributed by atoms with Gasteiger partial charge in [0.05, 0.1) is 0 Å². The van der Waals surface area contributed by atoms with Gasteiger partial charge in [-0.25, -0.2) is 0 Å². The molecule has 0 radical (unpaired) electrons. The van der Waals surface area contributed by atoms with Crippen molar-refractivity contribution in [1.29, 1.82) is 0 Å². The molecule has 3 aliphatic rings. The van der Waals surface area contributed by atoms with Crippen LogP contribution in [-0.4, -0.2) is 41.0 Å². The highest BCUT2D eigenvalue weighted by Crippen LogP contribution is 2.22. The minimum Gasteiger partial charge on any atom is -0.337 e. The number of amides is 1. The minimum atomic E-state index is -0.215. The summed E-state index contributed by atoms with van der Waals surface area (Å²) >= 11 is 0. The van der Waals surface area contributed by atoms with E-state index in [2.05, 4.69) is 10.3 Å². The normalized spacial score (nSPS) is 26.2. The third-order valence-electron chi connectivity index (χ3n) is 5.38. The molecular weight excluding hydrogens is 314 g/mol. The van der Waals surface area contributed by atoms with E-state index in [9.17, 15) is 9.59 Å². The van der Waals surface area contributed by atoms with Gasteiger partial charge in [-0.3, -0.25) is 9.59 Å². The monoisotopic (exact) mass is 337 g/mol. The second-order valence-electron chi connectivity index (χ2n) is 6.90. The predicted octanol–water partition coefficient (Wildman–Crippen LogP) is 1.64. The maximum Gasteiger partial charge on any atom is 0.261 e. The molecule has 2 fully saturated rings. The Morgan fingerprint density at radius 2 is 1.91 bits per heavy atom. The number of hydrogen-bond donors (Lipinski definition) is 2. The van der Waals surface area contributed by atoms with Crippen LogP contribution < -0.4 is 10.9 Å². The molecule has 6 heteroatoms. The zero-order valence-electron chi connectivity index (χ0n) is 13.3. The SMILES string of the molecule is Cl.O=C(c1cc2c([nH]c1=O)CCCC2)N1CCC2CCC(C1)N2. The standard InChI is InChI=1S/C17H23N3O2.ClH/c21-16-14(9-11-3-1-2-4-15(11)19-16)17(22)20-8-7-12-5-6-13(10-20)18-12;/h9,12-13,18H,1-8,10H2,(H,19,21);1H. The Bertz CT molecular complexity index is 658. The highest BCUT2D eigenvalue weighted by atomic mass is 35.5. The number of aryl methyl sites for hydroxylation is 2. The first-order valence-electron chi connectivity index (χ1n) is 8.51. The Kier molecular flexibility index (Phi) is 4.78. The van der Waals surface area contributed by atoms with Gasteiger partial charge in [0.25, 0.3) is 11.5 Å². The average molecular weight is 338 g/mol. The van der Waals surface area contributed by atoms with Crippen LogP contribution in [0.3, 0.4) is 0 Å². The highest BCUT2D eigenvalue weighted by Gasteiger charge is 2.32. The number of hydrogen-bond acceptors (Lipinski definition) is 3. The van der Waals surface area contributed by atoms with Crippen LogP contribution in [0.15, 0.2) is 10.9 Å². The lowest BCUT2D eigenvalue weighted by atomic mass is 9.95. The first kappa shape index (κ1) is 16.5. The van der Waals surface area contributed by atoms with Gasteiger partial charge in [-0.1, -0.05) is 0 Å². The van der Waals surface area contributed by atoms with Crippen molar-refractivity contribution in [3.8, 4) is 0 Å². The second kappa shape index (κ2) is 6.65. The molecule has 2 aliphatic heterocycles. The molecule has 1 amide bonds. The van der Waals surface area contributed by atoms with Gasteiger partial charge in [0.1, 0.15) is 5.56 Å². The molecule has 126 valence electrons. The molecule has 0 saturated carbocycles. The molecule has 5 nitrogen and oxygen atoms in total. The molecule has 2 bridgehead atoms. The first-order chi connectivity index (χ1) is 10.7. The van der Waals surface area contributed by atoms with Crippen LogP contribution in [0.1, 0.15) is 53.7 Å². The van der Waals surface area contributed by atoms with Crippen molar-refractivity contribution < 1.29 is 4.79 Å². The Labute approximate surface area is 142 Å². The van der Waals surface area contributed by atoms with E-state index in [1.54, 1.807) is 0 Å². The molecule has 1 aliphatic carbocycles. The van der Waals surface area contributed by atoms with E-state index >= 15 is 0 Å². The first-order valence-corrected chi connectivity index (χ1v) is 8.51. The van der Waals surface area contributed by atoms with Gasteiger partial charge in [-0.2, -0.15) is 0 Å². The number of likely N-dealkylation sites (tertiary alicyclic amines) is 1. The molecule has 0 spiro atoms. The smallest absolute Gasteiger partial charge is 0.261 e. The highest BCUT2D eigenvalue weighted by molar-refractivity contribution is 5.94. The van der Waals surface area contributed by atoms with Crippen molar-refractivity contribution in [1.82, 2.24) is 15.2 Å². The van der Waals surface area contributed by atoms with Crippen LogP contribution in [0.25, 0.3) is 0 Å². The van der Waals surface area contributed by atoms with Crippen molar-refractivity contribution in [2.24, 2.45) is 0 Å². The van der Waals surface area contributed by atoms with Crippen LogP contribution in [0.2, 0.25) is 0 Å². The second-order valence-corrected chi connectivity index (χ2v) is 6.90. The molecule has 1 aromatic heterocycles. The lowest BCUT2D eigenvalue weighted by molar-refractivity contribution is 0.0746. The van der Waals surface area contributed by atoms with E-state index in [1.807, 2.05) is 11.0 Å². The fourth-order valence-electron chi connectivity index (χ4n) is 4.13. The van der Waals surface area contributed by atoms with Gasteiger partial charge in [-0.15, -0.1) is 12.4 Å². The Morgan fingerprint density at radius 3 is 2.78 bits per heavy atom. The molecule has 3 heterocycles. The van der Waals surface area contributed by atoms with Crippen LogP contribution in [-0.2, 0) is 12.8 Å². The number of nitrogens with one attached hydrogen (secondary N) is 2. The number of pyridine rings is 1. The molecule has 23 heavy (non-hydrogen) atoms. The van der Waals surface area contributed by atoms with Crippen molar-refractivity contribution >= 4 is 18.3 Å². The quantitative estimate of drug-likeness (QED) is 0.819. The number of fused-ring (bicyclic) bond motifs is 3. The van der Waals surface area contributed by atoms with E-state index in [-0.39, 0.29) is 23.9 Å². The number of rotatable bonds is 1. The lowest BCUT2D eigenvalue weighted by Gasteiger charge is -2.25. The summed E-state index contributed by atoms with van der Waals surface area (Å²) < 4.78 is 0. The molecule has 1 aromatic rings. The number of aromatic nitrogens is 1. The Morgan fingerprint density at radius 1 is 1.13 bits per heavy atom. The summed E-state index contributed by atoms with van der Waals surface area (Å²) in [6.45, 7) is 1.48. The van der Waals surface area contributed by atoms with E-state index in [0.29, 0.717) is 17.6 Å². The molecular formula is C17H24ClN3O2. The topological polar surface area (TPSA) is 65.2 Å². The van der Waals surface area contributed by atoms with Crippen LogP contribution in [0.5, 0.6) is 0 Å². The van der Waals surface area contributed by atoms with Gasteiger partial charge < -0.3 is 15.2 Å². The summed E-state index contributed by atoms with van der Waals surface area (Å²) in [6.07, 6.45) is 7.50. The summed E-state index contributed by atoms with van der Waals surface area (Å²) in [4.78, 5) is 29.9. The molecule has 4 rings (SSSR count). The summed E-state index contributed by atoms with van der Waals surface area (Å²) in [5, 5.41) is 3.57. The third-order valence-corrected chi connectivity index (χ3v) is 5.38. The van der Waals surface area contributed by atoms with Crippen LogP contribution >= 0.6 is 12.4 Å².